The summed E-state index contributed by atoms with van der Waals surface area (Å²) in [5, 5.41) is 17.7. The largest absolute Gasteiger partial charge is 0.481 e. The highest BCUT2D eigenvalue weighted by atomic mass is 32.2. The lowest BCUT2D eigenvalue weighted by Gasteiger charge is -2.26. The van der Waals surface area contributed by atoms with Crippen molar-refractivity contribution in [1.82, 2.24) is 0 Å². The molecule has 2 aliphatic heterocycles. The average Bonchev–Trinajstić information content (AvgIpc) is 2.58. The number of hydrogen-bond acceptors (Lipinski definition) is 4. The van der Waals surface area contributed by atoms with Crippen LogP contribution in [0.25, 0.3) is 0 Å². The Bertz CT molecular complexity index is 293. The molecule has 2 saturated heterocycles. The predicted octanol–water partition coefficient (Wildman–Crippen LogP) is 0.574. The van der Waals surface area contributed by atoms with Crippen molar-refractivity contribution in [2.75, 3.05) is 0 Å². The van der Waals surface area contributed by atoms with Crippen LogP contribution in [0.1, 0.15) is 6.42 Å². The van der Waals surface area contributed by atoms with Gasteiger partial charge in [0.15, 0.2) is 0 Å². The minimum Gasteiger partial charge on any atom is -0.481 e. The van der Waals surface area contributed by atoms with E-state index in [-0.39, 0.29) is 15.7 Å². The van der Waals surface area contributed by atoms with Crippen molar-refractivity contribution < 1.29 is 19.8 Å². The Hall–Kier alpha value is -0.360. The first-order chi connectivity index (χ1) is 6.52. The number of aliphatic carboxylic acids is 2. The van der Waals surface area contributed by atoms with Gasteiger partial charge in [0.05, 0.1) is 11.8 Å². The van der Waals surface area contributed by atoms with Gasteiger partial charge in [0.25, 0.3) is 0 Å². The van der Waals surface area contributed by atoms with Crippen molar-refractivity contribution in [2.24, 2.45) is 11.8 Å². The molecule has 0 aromatic heterocycles. The zero-order valence-corrected chi connectivity index (χ0v) is 8.87. The second kappa shape index (κ2) is 3.34. The molecular weight excluding hydrogens is 224 g/mol. The van der Waals surface area contributed by atoms with Gasteiger partial charge in [-0.25, -0.2) is 0 Å². The molecule has 5 unspecified atom stereocenters. The van der Waals surface area contributed by atoms with Crippen LogP contribution >= 0.6 is 24.4 Å². The lowest BCUT2D eigenvalue weighted by atomic mass is 9.79. The van der Waals surface area contributed by atoms with Crippen LogP contribution < -0.4 is 0 Å². The van der Waals surface area contributed by atoms with Crippen LogP contribution in [0, 0.1) is 11.8 Å². The van der Waals surface area contributed by atoms with Crippen LogP contribution in [0.3, 0.4) is 0 Å². The smallest absolute Gasteiger partial charge is 0.308 e. The van der Waals surface area contributed by atoms with E-state index < -0.39 is 23.8 Å². The van der Waals surface area contributed by atoms with E-state index >= 15 is 0 Å². The molecule has 2 fully saturated rings. The lowest BCUT2D eigenvalue weighted by Crippen LogP contribution is -2.42. The van der Waals surface area contributed by atoms with E-state index in [1.165, 1.54) is 11.8 Å². The van der Waals surface area contributed by atoms with E-state index in [1.54, 1.807) is 0 Å². The van der Waals surface area contributed by atoms with Gasteiger partial charge >= 0.3 is 11.9 Å². The minimum atomic E-state index is -1.00. The van der Waals surface area contributed by atoms with E-state index in [0.29, 0.717) is 6.42 Å². The molecule has 2 aliphatic rings. The van der Waals surface area contributed by atoms with Crippen LogP contribution in [-0.4, -0.2) is 37.9 Å². The summed E-state index contributed by atoms with van der Waals surface area (Å²) in [4.78, 5) is 21.9. The second-order valence-corrected chi connectivity index (χ2v) is 5.76. The van der Waals surface area contributed by atoms with Crippen LogP contribution in [-0.2, 0) is 9.59 Å². The van der Waals surface area contributed by atoms with E-state index in [4.69, 9.17) is 10.2 Å². The van der Waals surface area contributed by atoms with E-state index in [2.05, 4.69) is 12.6 Å². The molecule has 4 nitrogen and oxygen atoms in total. The Morgan fingerprint density at radius 2 is 1.79 bits per heavy atom. The SMILES string of the molecule is O=C(O)C1C2CC(S)C(S2)C1C(=O)O. The molecule has 0 aromatic carbocycles. The third-order valence-corrected chi connectivity index (χ3v) is 5.40. The number of carboxylic acids is 2. The van der Waals surface area contributed by atoms with Crippen molar-refractivity contribution in [1.29, 1.82) is 0 Å². The molecule has 2 bridgehead atoms. The van der Waals surface area contributed by atoms with Crippen molar-refractivity contribution in [2.45, 2.75) is 22.2 Å². The molecule has 2 N–H and O–H groups in total. The molecule has 0 amide bonds. The fourth-order valence-corrected chi connectivity index (χ4v) is 5.01. The standard InChI is InChI=1S/C8H10O4S2/c9-7(10)4-3-1-2(13)6(14-3)5(4)8(11)12/h2-6,13H,1H2,(H,9,10)(H,11,12). The molecular formula is C8H10O4S2. The fraction of sp³-hybridized carbons (Fsp3) is 0.750. The van der Waals surface area contributed by atoms with E-state index in [9.17, 15) is 9.59 Å². The Morgan fingerprint density at radius 1 is 1.21 bits per heavy atom. The first-order valence-electron chi connectivity index (χ1n) is 4.31. The maximum atomic E-state index is 10.9. The number of carboxylic acid groups (broad SMARTS) is 2. The van der Waals surface area contributed by atoms with Crippen LogP contribution in [0.2, 0.25) is 0 Å². The van der Waals surface area contributed by atoms with Gasteiger partial charge in [0.2, 0.25) is 0 Å². The summed E-state index contributed by atoms with van der Waals surface area (Å²) in [5.41, 5.74) is 0. The van der Waals surface area contributed by atoms with Crippen LogP contribution in [0.4, 0.5) is 0 Å². The molecule has 0 spiro atoms. The van der Waals surface area contributed by atoms with Gasteiger partial charge in [-0.15, -0.1) is 0 Å². The third-order valence-electron chi connectivity index (χ3n) is 2.90. The highest BCUT2D eigenvalue weighted by Gasteiger charge is 2.58. The summed E-state index contributed by atoms with van der Waals surface area (Å²) in [7, 11) is 0. The molecule has 2 heterocycles. The van der Waals surface area contributed by atoms with Gasteiger partial charge < -0.3 is 10.2 Å². The summed E-state index contributed by atoms with van der Waals surface area (Å²) in [6.07, 6.45) is 0.708. The van der Waals surface area contributed by atoms with Crippen molar-refractivity contribution in [3.63, 3.8) is 0 Å². The molecule has 0 aromatic rings. The number of thioether (sulfide) groups is 1. The van der Waals surface area contributed by atoms with Gasteiger partial charge in [-0.2, -0.15) is 24.4 Å². The van der Waals surface area contributed by atoms with Crippen LogP contribution in [0.15, 0.2) is 0 Å². The van der Waals surface area contributed by atoms with Crippen molar-refractivity contribution >= 4 is 36.3 Å². The van der Waals surface area contributed by atoms with Crippen molar-refractivity contribution in [3.05, 3.63) is 0 Å². The lowest BCUT2D eigenvalue weighted by molar-refractivity contribution is -0.153. The maximum Gasteiger partial charge on any atom is 0.308 e. The molecule has 2 rings (SSSR count). The Morgan fingerprint density at radius 3 is 2.29 bits per heavy atom. The fourth-order valence-electron chi connectivity index (χ4n) is 2.32. The minimum absolute atomic E-state index is 0.0294. The highest BCUT2D eigenvalue weighted by Crippen LogP contribution is 2.54. The summed E-state index contributed by atoms with van der Waals surface area (Å²) in [6.45, 7) is 0. The Balaban J connectivity index is 2.27. The van der Waals surface area contributed by atoms with Gasteiger partial charge in [0, 0.05) is 15.7 Å². The van der Waals surface area contributed by atoms with Gasteiger partial charge in [0.1, 0.15) is 0 Å². The first kappa shape index (κ1) is 10.2. The van der Waals surface area contributed by atoms with Gasteiger partial charge in [-0.05, 0) is 6.42 Å². The molecule has 78 valence electrons. The van der Waals surface area contributed by atoms with Crippen LogP contribution in [0.5, 0.6) is 0 Å². The predicted molar refractivity (Wildman–Crippen MR) is 54.8 cm³/mol. The zero-order valence-electron chi connectivity index (χ0n) is 7.16. The average molecular weight is 234 g/mol. The third kappa shape index (κ3) is 1.32. The number of rotatable bonds is 2. The van der Waals surface area contributed by atoms with Crippen molar-refractivity contribution in [3.8, 4) is 0 Å². The summed E-state index contributed by atoms with van der Waals surface area (Å²) in [5.74, 6) is -3.49. The number of carbonyl (C=O) groups is 2. The molecule has 0 aliphatic carbocycles. The second-order valence-electron chi connectivity index (χ2n) is 3.67. The normalized spacial score (nSPS) is 45.4. The summed E-state index contributed by atoms with van der Waals surface area (Å²) >= 11 is 5.76. The summed E-state index contributed by atoms with van der Waals surface area (Å²) in [6, 6.07) is 0. The highest BCUT2D eigenvalue weighted by molar-refractivity contribution is 8.02. The maximum absolute atomic E-state index is 10.9. The Labute approximate surface area is 90.5 Å². The summed E-state index contributed by atoms with van der Waals surface area (Å²) < 4.78 is 0. The molecule has 6 heteroatoms. The molecule has 5 atom stereocenters. The first-order valence-corrected chi connectivity index (χ1v) is 5.77. The van der Waals surface area contributed by atoms with E-state index in [0.717, 1.165) is 0 Å². The topological polar surface area (TPSA) is 74.6 Å². The zero-order chi connectivity index (χ0) is 10.5. The Kier molecular flexibility index (Phi) is 2.43. The number of fused-ring (bicyclic) bond motifs is 2. The van der Waals surface area contributed by atoms with Gasteiger partial charge in [-0.1, -0.05) is 0 Å². The number of thiol groups is 1. The quantitative estimate of drug-likeness (QED) is 0.609. The monoisotopic (exact) mass is 234 g/mol. The number of hydrogen-bond donors (Lipinski definition) is 3. The molecule has 14 heavy (non-hydrogen) atoms. The molecule has 0 saturated carbocycles. The molecule has 0 radical (unpaired) electrons. The van der Waals surface area contributed by atoms with Gasteiger partial charge in [-0.3, -0.25) is 9.59 Å². The van der Waals surface area contributed by atoms with E-state index in [1.807, 2.05) is 0 Å².